The van der Waals surface area contributed by atoms with E-state index in [4.69, 9.17) is 11.5 Å². The van der Waals surface area contributed by atoms with Crippen molar-refractivity contribution in [3.63, 3.8) is 0 Å². The number of hydrogen-bond donors (Lipinski definition) is 0. The van der Waals surface area contributed by atoms with Gasteiger partial charge in [0.05, 0.1) is 6.42 Å². The van der Waals surface area contributed by atoms with Gasteiger partial charge in [0.25, 0.3) is 0 Å². The Balaban J connectivity index is -0.0000000560. The van der Waals surface area contributed by atoms with Crippen molar-refractivity contribution in [2.45, 2.75) is 20.3 Å². The fourth-order valence-corrected chi connectivity index (χ4v) is 0.351. The summed E-state index contributed by atoms with van der Waals surface area (Å²) in [6, 6.07) is 0. The third-order valence-electron chi connectivity index (χ3n) is 0.498. The van der Waals surface area contributed by atoms with Crippen molar-refractivity contribution < 1.29 is 42.3 Å². The van der Waals surface area contributed by atoms with Crippen LogP contribution in [-0.4, -0.2) is 25.7 Å². The van der Waals surface area contributed by atoms with Gasteiger partial charge in [-0.2, -0.15) is 14.1 Å². The normalized spacial score (nSPS) is 5.83. The summed E-state index contributed by atoms with van der Waals surface area (Å²) in [4.78, 5) is 20.1. The van der Waals surface area contributed by atoms with Gasteiger partial charge < -0.3 is 11.5 Å². The molecule has 5 heteroatoms. The summed E-state index contributed by atoms with van der Waals surface area (Å²) in [6.45, 7) is 2.81. The van der Waals surface area contributed by atoms with Crippen molar-refractivity contribution in [1.29, 1.82) is 0 Å². The topological polar surface area (TPSA) is 81.7 Å². The molecule has 0 atom stereocenters. The van der Waals surface area contributed by atoms with Gasteiger partial charge in [0.2, 0.25) is 0 Å². The fourth-order valence-electron chi connectivity index (χ4n) is 0.351. The number of rotatable bonds is 2. The molecule has 0 spiro atoms. The number of ketones is 2. The first-order valence-electron chi connectivity index (χ1n) is 3.12. The molecule has 0 aromatic carbocycles. The molecule has 71 valence electrons. The van der Waals surface area contributed by atoms with Crippen LogP contribution in [0.5, 0.6) is 0 Å². The molecule has 0 unspecified atom stereocenters. The molecule has 0 rings (SSSR count). The van der Waals surface area contributed by atoms with E-state index in [0.29, 0.717) is 0 Å². The molecule has 0 saturated heterocycles. The van der Waals surface area contributed by atoms with Crippen LogP contribution >= 0.6 is 0 Å². The van der Waals surface area contributed by atoms with E-state index in [2.05, 4.69) is 0 Å². The Hall–Kier alpha value is 0.364. The Morgan fingerprint density at radius 2 is 1.08 bits per heavy atom. The van der Waals surface area contributed by atoms with Gasteiger partial charge in [-0.25, -0.2) is 0 Å². The third-order valence-corrected chi connectivity index (χ3v) is 0.498. The minimum atomic E-state index is -0.0625. The molecule has 0 fully saturated rings. The number of carbonyl (C=O) groups is 2. The molecule has 0 aromatic rings. The van der Waals surface area contributed by atoms with Crippen LogP contribution in [-0.2, 0) is 42.3 Å². The van der Waals surface area contributed by atoms with Crippen LogP contribution in [0.15, 0.2) is 0 Å². The van der Waals surface area contributed by atoms with Gasteiger partial charge in [-0.1, -0.05) is 0 Å². The number of nitrogens with one attached hydrogen (secondary N) is 2. The van der Waals surface area contributed by atoms with Crippen molar-refractivity contribution in [2.75, 3.05) is 14.1 Å². The van der Waals surface area contributed by atoms with E-state index in [0.717, 1.165) is 0 Å². The smallest absolute Gasteiger partial charge is 0.137 e. The minimum Gasteiger partial charge on any atom is -0.680 e. The molecule has 0 aromatic heterocycles. The van der Waals surface area contributed by atoms with Crippen LogP contribution in [0.1, 0.15) is 20.3 Å². The van der Waals surface area contributed by atoms with E-state index >= 15 is 0 Å². The molecular formula is C7H16N2O2Y-2. The number of carbonyl (C=O) groups excluding carboxylic acids is 2. The molecule has 1 radical (unpaired) electrons. The SMILES string of the molecule is CC(=O)CC(C)=O.C[NH-].C[NH-].[Y]. The average Bonchev–Trinajstić information content (AvgIpc) is 1.93. The molecule has 0 heterocycles. The molecule has 4 nitrogen and oxygen atoms in total. The van der Waals surface area contributed by atoms with Crippen molar-refractivity contribution in [3.05, 3.63) is 11.5 Å². The summed E-state index contributed by atoms with van der Waals surface area (Å²) in [5.74, 6) is -0.125. The fraction of sp³-hybridized carbons (Fsp3) is 0.714. The van der Waals surface area contributed by atoms with E-state index in [1.54, 1.807) is 0 Å². The monoisotopic (exact) mass is 249 g/mol. The van der Waals surface area contributed by atoms with Crippen LogP contribution in [0.3, 0.4) is 0 Å². The van der Waals surface area contributed by atoms with Gasteiger partial charge >= 0.3 is 0 Å². The zero-order chi connectivity index (χ0) is 9.86. The maximum absolute atomic E-state index is 10.0. The summed E-state index contributed by atoms with van der Waals surface area (Å²) >= 11 is 0. The maximum atomic E-state index is 10.0. The van der Waals surface area contributed by atoms with E-state index in [1.807, 2.05) is 0 Å². The Kier molecular flexibility index (Phi) is 42.8. The van der Waals surface area contributed by atoms with Crippen molar-refractivity contribution >= 4 is 11.6 Å². The second-order valence-corrected chi connectivity index (χ2v) is 1.58. The Labute approximate surface area is 99.3 Å². The van der Waals surface area contributed by atoms with Crippen molar-refractivity contribution in [3.8, 4) is 0 Å². The maximum Gasteiger partial charge on any atom is 0.137 e. The minimum absolute atomic E-state index is 0. The summed E-state index contributed by atoms with van der Waals surface area (Å²) < 4.78 is 0. The Morgan fingerprint density at radius 3 is 1.08 bits per heavy atom. The third kappa shape index (κ3) is 47.7. The Bertz CT molecular complexity index is 95.6. The van der Waals surface area contributed by atoms with Gasteiger partial charge in [0.1, 0.15) is 11.6 Å². The summed E-state index contributed by atoms with van der Waals surface area (Å²) in [5.41, 5.74) is 11.5. The predicted molar refractivity (Wildman–Crippen MR) is 46.5 cm³/mol. The molecule has 0 aliphatic heterocycles. The first-order valence-corrected chi connectivity index (χ1v) is 3.12. The largest absolute Gasteiger partial charge is 0.680 e. The van der Waals surface area contributed by atoms with Crippen molar-refractivity contribution in [2.24, 2.45) is 0 Å². The molecule has 12 heavy (non-hydrogen) atoms. The summed E-state index contributed by atoms with van der Waals surface area (Å²) in [5, 5.41) is 0. The van der Waals surface area contributed by atoms with Crippen LogP contribution in [0, 0.1) is 0 Å². The van der Waals surface area contributed by atoms with E-state index in [-0.39, 0.29) is 50.7 Å². The molecule has 0 saturated carbocycles. The molecule has 2 N–H and O–H groups in total. The first kappa shape index (κ1) is 22.8. The second kappa shape index (κ2) is 22.5. The molecule has 0 aliphatic rings. The average molecular weight is 249 g/mol. The van der Waals surface area contributed by atoms with Gasteiger partial charge in [0, 0.05) is 32.7 Å². The van der Waals surface area contributed by atoms with Crippen LogP contribution in [0.25, 0.3) is 11.5 Å². The first-order chi connectivity index (χ1) is 5.13. The zero-order valence-electron chi connectivity index (χ0n) is 8.10. The van der Waals surface area contributed by atoms with Gasteiger partial charge in [0.15, 0.2) is 0 Å². The van der Waals surface area contributed by atoms with E-state index < -0.39 is 0 Å². The quantitative estimate of drug-likeness (QED) is 0.700. The van der Waals surface area contributed by atoms with Gasteiger partial charge in [-0.05, 0) is 13.8 Å². The summed E-state index contributed by atoms with van der Waals surface area (Å²) in [7, 11) is 2.50. The molecule has 0 aliphatic carbocycles. The predicted octanol–water partition coefficient (Wildman–Crippen LogP) is 1.89. The summed E-state index contributed by atoms with van der Waals surface area (Å²) in [6.07, 6.45) is 0.0833. The van der Waals surface area contributed by atoms with Gasteiger partial charge in [-0.15, -0.1) is 0 Å². The van der Waals surface area contributed by atoms with Crippen LogP contribution in [0.4, 0.5) is 0 Å². The van der Waals surface area contributed by atoms with E-state index in [9.17, 15) is 9.59 Å². The Morgan fingerprint density at radius 1 is 0.917 bits per heavy atom. The van der Waals surface area contributed by atoms with Crippen LogP contribution in [0.2, 0.25) is 0 Å². The molecular weight excluding hydrogens is 233 g/mol. The van der Waals surface area contributed by atoms with Crippen LogP contribution < -0.4 is 0 Å². The van der Waals surface area contributed by atoms with E-state index in [1.165, 1.54) is 27.9 Å². The second-order valence-electron chi connectivity index (χ2n) is 1.58. The molecule has 0 bridgehead atoms. The standard InChI is InChI=1S/C5H8O2.2CH4N.Y/c1-4(6)3-5(2)7;2*1-2;/h3H2,1-2H3;2*2H,1H3;/q;2*-1;. The molecule has 0 amide bonds. The van der Waals surface area contributed by atoms with Crippen molar-refractivity contribution in [1.82, 2.24) is 0 Å². The van der Waals surface area contributed by atoms with Gasteiger partial charge in [-0.3, -0.25) is 9.59 Å². The number of hydrogen-bond acceptors (Lipinski definition) is 2. The number of Topliss-reactive ketones (excluding diaryl/α,β-unsaturated/α-hetero) is 2. The zero-order valence-corrected chi connectivity index (χ0v) is 10.9.